The third-order valence-electron chi connectivity index (χ3n) is 4.21. The highest BCUT2D eigenvalue weighted by Crippen LogP contribution is 2.53. The van der Waals surface area contributed by atoms with E-state index in [9.17, 15) is 4.79 Å². The zero-order valence-electron chi connectivity index (χ0n) is 10.0. The average Bonchev–Trinajstić information content (AvgIpc) is 2.72. The second kappa shape index (κ2) is 4.26. The lowest BCUT2D eigenvalue weighted by Crippen LogP contribution is -2.52. The van der Waals surface area contributed by atoms with Gasteiger partial charge in [0.2, 0.25) is 0 Å². The molecule has 1 spiro atoms. The first-order valence-electron chi connectivity index (χ1n) is 6.26. The fourth-order valence-electron chi connectivity index (χ4n) is 3.35. The number of rotatable bonds is 1. The lowest BCUT2D eigenvalue weighted by molar-refractivity contribution is -0.0156. The predicted octanol–water partition coefficient (Wildman–Crippen LogP) is 2.74. The minimum absolute atomic E-state index is 0.208. The molecule has 5 nitrogen and oxygen atoms in total. The van der Waals surface area contributed by atoms with E-state index in [1.807, 2.05) is 10.9 Å². The third-order valence-corrected chi connectivity index (χ3v) is 4.62. The number of likely N-dealkylation sites (tertiary alicyclic amines) is 1. The maximum Gasteiger partial charge on any atom is 0.407 e. The number of aromatic nitrogens is 2. The minimum Gasteiger partial charge on any atom is -0.465 e. The van der Waals surface area contributed by atoms with Crippen LogP contribution >= 0.6 is 15.9 Å². The first-order valence-corrected chi connectivity index (χ1v) is 7.05. The number of hydrogen-bond donors (Lipinski definition) is 1. The molecule has 0 unspecified atom stereocenters. The molecule has 1 aromatic heterocycles. The minimum atomic E-state index is -0.778. The molecule has 1 N–H and O–H groups in total. The standard InChI is InChI=1S/C12H16BrN3O2/c13-9-6-14-16(7-9)10-4-12(5-10)2-1-3-15(8-12)11(17)18/h6-7,10H,1-5,8H2,(H,17,18). The summed E-state index contributed by atoms with van der Waals surface area (Å²) in [5.41, 5.74) is 0.208. The van der Waals surface area contributed by atoms with Crippen molar-refractivity contribution in [2.24, 2.45) is 5.41 Å². The van der Waals surface area contributed by atoms with Crippen molar-refractivity contribution in [1.29, 1.82) is 0 Å². The van der Waals surface area contributed by atoms with E-state index in [4.69, 9.17) is 5.11 Å². The Hall–Kier alpha value is -1.04. The molecule has 98 valence electrons. The topological polar surface area (TPSA) is 58.4 Å². The predicted molar refractivity (Wildman–Crippen MR) is 69.5 cm³/mol. The Balaban J connectivity index is 1.65. The van der Waals surface area contributed by atoms with Gasteiger partial charge in [-0.25, -0.2) is 4.79 Å². The zero-order chi connectivity index (χ0) is 12.8. The van der Waals surface area contributed by atoms with Crippen molar-refractivity contribution in [3.8, 4) is 0 Å². The van der Waals surface area contributed by atoms with Crippen LogP contribution in [0, 0.1) is 5.41 Å². The largest absolute Gasteiger partial charge is 0.465 e. The monoisotopic (exact) mass is 313 g/mol. The number of amides is 1. The van der Waals surface area contributed by atoms with Gasteiger partial charge in [-0.1, -0.05) is 0 Å². The molecule has 6 heteroatoms. The van der Waals surface area contributed by atoms with Crippen molar-refractivity contribution in [3.05, 3.63) is 16.9 Å². The highest BCUT2D eigenvalue weighted by atomic mass is 79.9. The average molecular weight is 314 g/mol. The molecule has 1 aliphatic carbocycles. The Kier molecular flexibility index (Phi) is 2.84. The zero-order valence-corrected chi connectivity index (χ0v) is 11.6. The summed E-state index contributed by atoms with van der Waals surface area (Å²) in [7, 11) is 0. The Morgan fingerprint density at radius 1 is 1.56 bits per heavy atom. The third kappa shape index (κ3) is 2.02. The van der Waals surface area contributed by atoms with E-state index in [-0.39, 0.29) is 5.41 Å². The Morgan fingerprint density at radius 2 is 2.33 bits per heavy atom. The molecule has 1 amide bonds. The lowest BCUT2D eigenvalue weighted by Gasteiger charge is -2.52. The van der Waals surface area contributed by atoms with Gasteiger partial charge in [0.05, 0.1) is 16.7 Å². The van der Waals surface area contributed by atoms with E-state index >= 15 is 0 Å². The Morgan fingerprint density at radius 3 is 2.94 bits per heavy atom. The fraction of sp³-hybridized carbons (Fsp3) is 0.667. The molecule has 1 aromatic rings. The van der Waals surface area contributed by atoms with Gasteiger partial charge in [-0.3, -0.25) is 4.68 Å². The normalized spacial score (nSPS) is 31.4. The number of carboxylic acid groups (broad SMARTS) is 1. The molecule has 2 heterocycles. The maximum atomic E-state index is 11.0. The van der Waals surface area contributed by atoms with Gasteiger partial charge in [0.15, 0.2) is 0 Å². The summed E-state index contributed by atoms with van der Waals surface area (Å²) in [6.07, 6.45) is 7.25. The SMILES string of the molecule is O=C(O)N1CCCC2(CC(n3cc(Br)cn3)C2)C1. The van der Waals surface area contributed by atoms with Crippen LogP contribution < -0.4 is 0 Å². The first kappa shape index (κ1) is 12.0. The van der Waals surface area contributed by atoms with Crippen molar-refractivity contribution >= 4 is 22.0 Å². The maximum absolute atomic E-state index is 11.0. The molecule has 1 aliphatic heterocycles. The summed E-state index contributed by atoms with van der Waals surface area (Å²) in [5.74, 6) is 0. The molecule has 0 radical (unpaired) electrons. The van der Waals surface area contributed by atoms with Crippen LogP contribution in [0.5, 0.6) is 0 Å². The summed E-state index contributed by atoms with van der Waals surface area (Å²) in [6, 6.07) is 0.435. The second-order valence-electron chi connectivity index (χ2n) is 5.51. The van der Waals surface area contributed by atoms with Gasteiger partial charge >= 0.3 is 6.09 Å². The van der Waals surface area contributed by atoms with E-state index in [2.05, 4.69) is 21.0 Å². The molecule has 0 aromatic carbocycles. The number of hydrogen-bond acceptors (Lipinski definition) is 2. The van der Waals surface area contributed by atoms with Crippen molar-refractivity contribution in [1.82, 2.24) is 14.7 Å². The smallest absolute Gasteiger partial charge is 0.407 e. The molecule has 0 atom stereocenters. The van der Waals surface area contributed by atoms with Gasteiger partial charge in [0, 0.05) is 19.3 Å². The van der Waals surface area contributed by atoms with Gasteiger partial charge in [-0.2, -0.15) is 5.10 Å². The molecule has 0 bridgehead atoms. The molecule has 2 aliphatic rings. The summed E-state index contributed by atoms with van der Waals surface area (Å²) < 4.78 is 2.99. The highest BCUT2D eigenvalue weighted by Gasteiger charge is 2.48. The van der Waals surface area contributed by atoms with Crippen molar-refractivity contribution in [2.45, 2.75) is 31.7 Å². The van der Waals surface area contributed by atoms with Gasteiger partial charge in [-0.15, -0.1) is 0 Å². The van der Waals surface area contributed by atoms with Crippen molar-refractivity contribution in [2.75, 3.05) is 13.1 Å². The summed E-state index contributed by atoms with van der Waals surface area (Å²) in [4.78, 5) is 12.6. The number of carbonyl (C=O) groups is 1. The van der Waals surface area contributed by atoms with E-state index in [0.29, 0.717) is 19.1 Å². The second-order valence-corrected chi connectivity index (χ2v) is 6.42. The van der Waals surface area contributed by atoms with E-state index in [0.717, 1.165) is 30.2 Å². The first-order chi connectivity index (χ1) is 8.58. The molecule has 3 rings (SSSR count). The summed E-state index contributed by atoms with van der Waals surface area (Å²) in [5, 5.41) is 13.4. The van der Waals surface area contributed by atoms with Crippen LogP contribution in [-0.4, -0.2) is 39.0 Å². The van der Waals surface area contributed by atoms with Gasteiger partial charge < -0.3 is 10.0 Å². The molecular formula is C12H16BrN3O2. The van der Waals surface area contributed by atoms with Crippen LogP contribution in [0.1, 0.15) is 31.7 Å². The van der Waals surface area contributed by atoms with Crippen molar-refractivity contribution in [3.63, 3.8) is 0 Å². The van der Waals surface area contributed by atoms with E-state index in [1.165, 1.54) is 0 Å². The number of nitrogens with zero attached hydrogens (tertiary/aromatic N) is 3. The number of halogens is 1. The molecule has 18 heavy (non-hydrogen) atoms. The fourth-order valence-corrected chi connectivity index (χ4v) is 3.65. The molecule has 1 saturated heterocycles. The van der Waals surface area contributed by atoms with E-state index in [1.54, 1.807) is 11.1 Å². The summed E-state index contributed by atoms with van der Waals surface area (Å²) >= 11 is 3.40. The van der Waals surface area contributed by atoms with Crippen LogP contribution in [0.25, 0.3) is 0 Å². The van der Waals surface area contributed by atoms with Crippen LogP contribution in [0.3, 0.4) is 0 Å². The summed E-state index contributed by atoms with van der Waals surface area (Å²) in [6.45, 7) is 1.39. The van der Waals surface area contributed by atoms with Gasteiger partial charge in [-0.05, 0) is 47.0 Å². The number of piperidine rings is 1. The quantitative estimate of drug-likeness (QED) is 0.867. The van der Waals surface area contributed by atoms with E-state index < -0.39 is 6.09 Å². The van der Waals surface area contributed by atoms with Crippen LogP contribution in [0.4, 0.5) is 4.79 Å². The Labute approximate surface area is 114 Å². The van der Waals surface area contributed by atoms with Gasteiger partial charge in [0.25, 0.3) is 0 Å². The lowest BCUT2D eigenvalue weighted by atomic mass is 9.61. The van der Waals surface area contributed by atoms with Crippen LogP contribution in [0.2, 0.25) is 0 Å². The van der Waals surface area contributed by atoms with Crippen LogP contribution in [-0.2, 0) is 0 Å². The molecule has 1 saturated carbocycles. The highest BCUT2D eigenvalue weighted by molar-refractivity contribution is 9.10. The van der Waals surface area contributed by atoms with Crippen molar-refractivity contribution < 1.29 is 9.90 Å². The molecular weight excluding hydrogens is 298 g/mol. The van der Waals surface area contributed by atoms with Crippen LogP contribution in [0.15, 0.2) is 16.9 Å². The van der Waals surface area contributed by atoms with Gasteiger partial charge in [0.1, 0.15) is 0 Å². The Bertz CT molecular complexity index is 468. The molecule has 2 fully saturated rings.